The second-order valence-corrected chi connectivity index (χ2v) is 3.71. The molecule has 1 aromatic heterocycles. The van der Waals surface area contributed by atoms with Crippen molar-refractivity contribution < 1.29 is 13.2 Å². The number of nitrogens with zero attached hydrogens (tertiary/aromatic N) is 1. The van der Waals surface area contributed by atoms with E-state index in [0.717, 1.165) is 6.07 Å². The van der Waals surface area contributed by atoms with E-state index in [1.165, 1.54) is 0 Å². The van der Waals surface area contributed by atoms with E-state index in [-0.39, 0.29) is 14.4 Å². The summed E-state index contributed by atoms with van der Waals surface area (Å²) in [5.41, 5.74) is 4.36. The van der Waals surface area contributed by atoms with Crippen molar-refractivity contribution in [1.82, 2.24) is 4.98 Å². The Hall–Kier alpha value is -0.240. The lowest BCUT2D eigenvalue weighted by Crippen LogP contribution is -2.09. The molecule has 0 fully saturated rings. The number of halogens is 5. The average Bonchev–Trinajstić information content (AvgIpc) is 1.97. The van der Waals surface area contributed by atoms with E-state index < -0.39 is 11.9 Å². The molecule has 72 valence electrons. The molecule has 0 saturated carbocycles. The molecule has 0 unspecified atom stereocenters. The highest BCUT2D eigenvalue weighted by Crippen LogP contribution is 2.32. The van der Waals surface area contributed by atoms with Crippen molar-refractivity contribution in [2.75, 3.05) is 5.73 Å². The zero-order chi connectivity index (χ0) is 10.2. The lowest BCUT2D eigenvalue weighted by molar-refractivity contribution is -0.141. The molecule has 0 radical (unpaired) electrons. The molecule has 0 bridgehead atoms. The topological polar surface area (TPSA) is 38.9 Å². The molecule has 0 atom stereocenters. The van der Waals surface area contributed by atoms with Crippen molar-refractivity contribution in [2.45, 2.75) is 6.18 Å². The first-order chi connectivity index (χ1) is 5.82. The Morgan fingerprint density at radius 3 is 2.38 bits per heavy atom. The van der Waals surface area contributed by atoms with E-state index in [1.54, 1.807) is 22.6 Å². The predicted octanol–water partition coefficient (Wildman–Crippen LogP) is 2.94. The van der Waals surface area contributed by atoms with Crippen LogP contribution in [0, 0.1) is 3.57 Å². The van der Waals surface area contributed by atoms with E-state index in [1.807, 2.05) is 0 Å². The number of pyridine rings is 1. The maximum atomic E-state index is 12.1. The summed E-state index contributed by atoms with van der Waals surface area (Å²) < 4.78 is 36.6. The summed E-state index contributed by atoms with van der Waals surface area (Å²) in [7, 11) is 0. The zero-order valence-corrected chi connectivity index (χ0v) is 8.91. The Morgan fingerprint density at radius 1 is 1.46 bits per heavy atom. The first-order valence-corrected chi connectivity index (χ1v) is 4.46. The van der Waals surface area contributed by atoms with Gasteiger partial charge in [-0.1, -0.05) is 11.6 Å². The Balaban J connectivity index is 3.29. The highest BCUT2D eigenvalue weighted by atomic mass is 127. The summed E-state index contributed by atoms with van der Waals surface area (Å²) in [5.74, 6) is 0. The number of rotatable bonds is 0. The van der Waals surface area contributed by atoms with Crippen LogP contribution in [0.5, 0.6) is 0 Å². The smallest absolute Gasteiger partial charge is 0.395 e. The van der Waals surface area contributed by atoms with Crippen LogP contribution in [0.4, 0.5) is 18.9 Å². The van der Waals surface area contributed by atoms with E-state index in [0.29, 0.717) is 0 Å². The zero-order valence-electron chi connectivity index (χ0n) is 5.99. The summed E-state index contributed by atoms with van der Waals surface area (Å²) >= 11 is 7.05. The van der Waals surface area contributed by atoms with Gasteiger partial charge in [0.25, 0.3) is 0 Å². The fraction of sp³-hybridized carbons (Fsp3) is 0.167. The summed E-state index contributed by atoms with van der Waals surface area (Å²) in [6, 6.07) is 0.849. The highest BCUT2D eigenvalue weighted by molar-refractivity contribution is 14.1. The third kappa shape index (κ3) is 2.37. The largest absolute Gasteiger partial charge is 0.433 e. The second kappa shape index (κ2) is 3.49. The first-order valence-electron chi connectivity index (χ1n) is 3.01. The van der Waals surface area contributed by atoms with Crippen molar-refractivity contribution in [3.05, 3.63) is 20.5 Å². The van der Waals surface area contributed by atoms with Crippen LogP contribution in [-0.4, -0.2) is 4.98 Å². The van der Waals surface area contributed by atoms with E-state index in [4.69, 9.17) is 17.3 Å². The molecule has 0 spiro atoms. The van der Waals surface area contributed by atoms with Crippen LogP contribution in [0.3, 0.4) is 0 Å². The molecule has 0 saturated heterocycles. The lowest BCUT2D eigenvalue weighted by atomic mass is 10.3. The predicted molar refractivity (Wildman–Crippen MR) is 51.4 cm³/mol. The number of aromatic nitrogens is 1. The Labute approximate surface area is 90.4 Å². The van der Waals surface area contributed by atoms with Gasteiger partial charge in [-0.2, -0.15) is 13.2 Å². The van der Waals surface area contributed by atoms with Crippen LogP contribution in [0.15, 0.2) is 6.07 Å². The van der Waals surface area contributed by atoms with E-state index >= 15 is 0 Å². The Bertz CT molecular complexity index is 316. The van der Waals surface area contributed by atoms with Crippen LogP contribution in [-0.2, 0) is 6.18 Å². The van der Waals surface area contributed by atoms with Gasteiger partial charge in [-0.25, -0.2) is 4.98 Å². The summed E-state index contributed by atoms with van der Waals surface area (Å²) in [5, 5.41) is -0.320. The molecule has 0 aliphatic rings. The monoisotopic (exact) mass is 322 g/mol. The molecule has 0 aliphatic heterocycles. The fourth-order valence-corrected chi connectivity index (χ4v) is 1.54. The quantitative estimate of drug-likeness (QED) is 0.589. The van der Waals surface area contributed by atoms with Gasteiger partial charge in [0.2, 0.25) is 0 Å². The number of alkyl halides is 3. The molecule has 2 nitrogen and oxygen atoms in total. The van der Waals surface area contributed by atoms with Crippen LogP contribution >= 0.6 is 34.2 Å². The molecule has 1 aromatic rings. The van der Waals surface area contributed by atoms with Crippen LogP contribution in [0.1, 0.15) is 5.69 Å². The SMILES string of the molecule is Nc1c(I)cc(C(F)(F)F)nc1Cl. The van der Waals surface area contributed by atoms with Gasteiger partial charge < -0.3 is 5.73 Å². The van der Waals surface area contributed by atoms with Crippen LogP contribution < -0.4 is 5.73 Å². The van der Waals surface area contributed by atoms with Gasteiger partial charge in [-0.3, -0.25) is 0 Å². The standard InChI is InChI=1S/C6H3ClF3IN2/c7-5-4(12)2(11)1-3(13-5)6(8,9)10/h1H,12H2. The van der Waals surface area contributed by atoms with Gasteiger partial charge >= 0.3 is 6.18 Å². The van der Waals surface area contributed by atoms with Crippen molar-refractivity contribution in [1.29, 1.82) is 0 Å². The maximum Gasteiger partial charge on any atom is 0.433 e. The normalized spacial score (nSPS) is 11.8. The minimum atomic E-state index is -4.49. The minimum absolute atomic E-state index is 0.0651. The van der Waals surface area contributed by atoms with E-state index in [2.05, 4.69) is 4.98 Å². The molecule has 1 heterocycles. The number of anilines is 1. The number of nitrogens with two attached hydrogens (primary N) is 1. The first kappa shape index (κ1) is 10.8. The third-order valence-electron chi connectivity index (χ3n) is 1.25. The summed E-state index contributed by atoms with van der Waals surface area (Å²) in [6.07, 6.45) is -4.49. The number of hydrogen-bond donors (Lipinski definition) is 1. The van der Waals surface area contributed by atoms with Crippen molar-refractivity contribution >= 4 is 39.9 Å². The molecule has 2 N–H and O–H groups in total. The van der Waals surface area contributed by atoms with E-state index in [9.17, 15) is 13.2 Å². The fourth-order valence-electron chi connectivity index (χ4n) is 0.640. The van der Waals surface area contributed by atoms with Gasteiger partial charge in [0.15, 0.2) is 5.15 Å². The molecule has 13 heavy (non-hydrogen) atoms. The summed E-state index contributed by atoms with van der Waals surface area (Å²) in [6.45, 7) is 0. The highest BCUT2D eigenvalue weighted by Gasteiger charge is 2.33. The van der Waals surface area contributed by atoms with Crippen LogP contribution in [0.2, 0.25) is 5.15 Å². The Kier molecular flexibility index (Phi) is 2.91. The lowest BCUT2D eigenvalue weighted by Gasteiger charge is -2.08. The van der Waals surface area contributed by atoms with Crippen molar-refractivity contribution in [3.8, 4) is 0 Å². The molecule has 7 heteroatoms. The summed E-state index contributed by atoms with van der Waals surface area (Å²) in [4.78, 5) is 3.12. The molecule has 0 aliphatic carbocycles. The molecular weight excluding hydrogens is 319 g/mol. The molecule has 0 amide bonds. The molecule has 1 rings (SSSR count). The van der Waals surface area contributed by atoms with Crippen LogP contribution in [0.25, 0.3) is 0 Å². The van der Waals surface area contributed by atoms with Gasteiger partial charge in [0, 0.05) is 3.57 Å². The maximum absolute atomic E-state index is 12.1. The Morgan fingerprint density at radius 2 is 2.00 bits per heavy atom. The third-order valence-corrected chi connectivity index (χ3v) is 2.43. The van der Waals surface area contributed by atoms with Crippen molar-refractivity contribution in [2.24, 2.45) is 0 Å². The van der Waals surface area contributed by atoms with Gasteiger partial charge in [0.1, 0.15) is 5.69 Å². The van der Waals surface area contributed by atoms with Gasteiger partial charge in [-0.05, 0) is 28.7 Å². The number of nitrogen functional groups attached to an aromatic ring is 1. The molecular formula is C6H3ClF3IN2. The second-order valence-electron chi connectivity index (χ2n) is 2.19. The van der Waals surface area contributed by atoms with Gasteiger partial charge in [-0.15, -0.1) is 0 Å². The van der Waals surface area contributed by atoms with Gasteiger partial charge in [0.05, 0.1) is 5.69 Å². The van der Waals surface area contributed by atoms with Crippen molar-refractivity contribution in [3.63, 3.8) is 0 Å². The molecule has 0 aromatic carbocycles. The number of hydrogen-bond acceptors (Lipinski definition) is 2. The minimum Gasteiger partial charge on any atom is -0.395 e. The average molecular weight is 322 g/mol.